The summed E-state index contributed by atoms with van der Waals surface area (Å²) in [5, 5.41) is 3.91. The molecular weight excluding hydrogens is 398 g/mol. The molecule has 0 saturated carbocycles. The van der Waals surface area contributed by atoms with E-state index < -0.39 is 5.97 Å². The lowest BCUT2D eigenvalue weighted by atomic mass is 9.87. The maximum Gasteiger partial charge on any atom is 0.368 e. The number of hydrogen-bond donors (Lipinski definition) is 0. The molecule has 0 bridgehead atoms. The van der Waals surface area contributed by atoms with E-state index >= 15 is 0 Å². The van der Waals surface area contributed by atoms with Crippen molar-refractivity contribution >= 4 is 11.7 Å². The van der Waals surface area contributed by atoms with Gasteiger partial charge in [0.15, 0.2) is 0 Å². The first-order valence-electron chi connectivity index (χ1n) is 10.8. The number of carbonyl (C=O) groups is 1. The van der Waals surface area contributed by atoms with Crippen LogP contribution in [0.5, 0.6) is 0 Å². The van der Waals surface area contributed by atoms with Crippen LogP contribution in [0.2, 0.25) is 0 Å². The highest BCUT2D eigenvalue weighted by atomic mass is 16.7. The molecule has 0 atom stereocenters. The summed E-state index contributed by atoms with van der Waals surface area (Å²) in [4.78, 5) is 16.9. The number of allylic oxidation sites excluding steroid dienone is 11. The minimum atomic E-state index is -0.443. The van der Waals surface area contributed by atoms with Crippen molar-refractivity contribution in [1.82, 2.24) is 0 Å². The van der Waals surface area contributed by atoms with Crippen LogP contribution in [-0.2, 0) is 14.4 Å². The van der Waals surface area contributed by atoms with Gasteiger partial charge in [0.25, 0.3) is 0 Å². The fourth-order valence-corrected chi connectivity index (χ4v) is 3.04. The second kappa shape index (κ2) is 9.39. The van der Waals surface area contributed by atoms with Gasteiger partial charge in [-0.1, -0.05) is 107 Å². The molecule has 166 valence electrons. The minimum Gasteiger partial charge on any atom is -0.465 e. The fourth-order valence-electron chi connectivity index (χ4n) is 3.04. The van der Waals surface area contributed by atoms with Crippen LogP contribution in [0.15, 0.2) is 107 Å². The van der Waals surface area contributed by atoms with Crippen LogP contribution in [0, 0.1) is 10.8 Å². The summed E-state index contributed by atoms with van der Waals surface area (Å²) < 4.78 is 6.18. The summed E-state index contributed by atoms with van der Waals surface area (Å²) in [7, 11) is 0. The highest BCUT2D eigenvalue weighted by Gasteiger charge is 2.28. The van der Waals surface area contributed by atoms with Crippen LogP contribution in [0.4, 0.5) is 0 Å². The molecule has 4 nitrogen and oxygen atoms in total. The van der Waals surface area contributed by atoms with E-state index in [9.17, 15) is 4.79 Å². The molecular formula is C28H31NO3. The third-order valence-electron chi connectivity index (χ3n) is 4.92. The van der Waals surface area contributed by atoms with Crippen molar-refractivity contribution in [3.63, 3.8) is 0 Å². The van der Waals surface area contributed by atoms with Gasteiger partial charge in [-0.2, -0.15) is 0 Å². The van der Waals surface area contributed by atoms with Crippen molar-refractivity contribution in [2.45, 2.75) is 41.5 Å². The first kappa shape index (κ1) is 23.3. The maximum absolute atomic E-state index is 12.0. The van der Waals surface area contributed by atoms with Gasteiger partial charge in [-0.15, -0.1) is 0 Å². The Balaban J connectivity index is 1.75. The molecule has 0 aliphatic carbocycles. The molecule has 32 heavy (non-hydrogen) atoms. The summed E-state index contributed by atoms with van der Waals surface area (Å²) >= 11 is 0. The number of benzene rings is 1. The molecule has 0 aromatic heterocycles. The van der Waals surface area contributed by atoms with E-state index in [1.165, 1.54) is 0 Å². The molecule has 0 fully saturated rings. The van der Waals surface area contributed by atoms with Crippen LogP contribution in [0.25, 0.3) is 0 Å². The predicted molar refractivity (Wildman–Crippen MR) is 130 cm³/mol. The van der Waals surface area contributed by atoms with Gasteiger partial charge in [0, 0.05) is 16.4 Å². The van der Waals surface area contributed by atoms with Crippen LogP contribution >= 0.6 is 0 Å². The Morgan fingerprint density at radius 2 is 1.34 bits per heavy atom. The van der Waals surface area contributed by atoms with Crippen LogP contribution in [0.3, 0.4) is 0 Å². The van der Waals surface area contributed by atoms with Crippen LogP contribution < -0.4 is 0 Å². The van der Waals surface area contributed by atoms with Crippen molar-refractivity contribution in [3.05, 3.63) is 107 Å². The lowest BCUT2D eigenvalue weighted by Crippen LogP contribution is -2.21. The number of rotatable bonds is 4. The Morgan fingerprint density at radius 3 is 1.91 bits per heavy atom. The topological polar surface area (TPSA) is 47.9 Å². The van der Waals surface area contributed by atoms with Crippen LogP contribution in [-0.4, -0.2) is 11.7 Å². The molecule has 1 aromatic rings. The van der Waals surface area contributed by atoms with Gasteiger partial charge in [0.1, 0.15) is 17.2 Å². The predicted octanol–water partition coefficient (Wildman–Crippen LogP) is 6.80. The highest BCUT2D eigenvalue weighted by Crippen LogP contribution is 2.38. The van der Waals surface area contributed by atoms with Gasteiger partial charge in [-0.25, -0.2) is 4.79 Å². The Morgan fingerprint density at radius 1 is 0.781 bits per heavy atom. The van der Waals surface area contributed by atoms with E-state index in [0.29, 0.717) is 11.3 Å². The normalized spacial score (nSPS) is 18.6. The number of nitrogens with zero attached hydrogens (tertiary/aromatic N) is 1. The molecule has 0 saturated heterocycles. The van der Waals surface area contributed by atoms with Crippen molar-refractivity contribution in [2.24, 2.45) is 16.0 Å². The third-order valence-corrected chi connectivity index (χ3v) is 4.92. The smallest absolute Gasteiger partial charge is 0.368 e. The van der Waals surface area contributed by atoms with E-state index in [4.69, 9.17) is 9.57 Å². The summed E-state index contributed by atoms with van der Waals surface area (Å²) in [5.41, 5.74) is 2.78. The number of hydrogen-bond acceptors (Lipinski definition) is 4. The van der Waals surface area contributed by atoms with Crippen molar-refractivity contribution in [2.75, 3.05) is 0 Å². The molecule has 2 aliphatic rings. The average Bonchev–Trinajstić information content (AvgIpc) is 3.10. The van der Waals surface area contributed by atoms with E-state index in [1.807, 2.05) is 54.6 Å². The zero-order valence-corrected chi connectivity index (χ0v) is 19.7. The third kappa shape index (κ3) is 5.85. The van der Waals surface area contributed by atoms with Crippen molar-refractivity contribution < 1.29 is 14.4 Å². The van der Waals surface area contributed by atoms with Gasteiger partial charge in [-0.05, 0) is 23.8 Å². The molecule has 0 radical (unpaired) electrons. The molecule has 4 heteroatoms. The Kier molecular flexibility index (Phi) is 6.83. The van der Waals surface area contributed by atoms with E-state index in [2.05, 4.69) is 64.9 Å². The summed E-state index contributed by atoms with van der Waals surface area (Å²) in [5.74, 6) is 1.47. The molecule has 0 amide bonds. The maximum atomic E-state index is 12.0. The summed E-state index contributed by atoms with van der Waals surface area (Å²) in [6, 6.07) is 9.52. The highest BCUT2D eigenvalue weighted by molar-refractivity contribution is 6.28. The lowest BCUT2D eigenvalue weighted by Gasteiger charge is -2.32. The molecule has 2 aliphatic heterocycles. The monoisotopic (exact) mass is 429 g/mol. The quantitative estimate of drug-likeness (QED) is 0.300. The first-order chi connectivity index (χ1) is 15.1. The van der Waals surface area contributed by atoms with Gasteiger partial charge >= 0.3 is 5.97 Å². The van der Waals surface area contributed by atoms with Gasteiger partial charge < -0.3 is 9.57 Å². The molecule has 0 spiro atoms. The summed E-state index contributed by atoms with van der Waals surface area (Å²) in [6.45, 7) is 12.9. The number of ether oxygens (including phenoxy) is 1. The zero-order valence-electron chi connectivity index (χ0n) is 19.7. The minimum absolute atomic E-state index is 0.0758. The van der Waals surface area contributed by atoms with Crippen molar-refractivity contribution in [1.29, 1.82) is 0 Å². The molecule has 3 rings (SSSR count). The van der Waals surface area contributed by atoms with E-state index in [-0.39, 0.29) is 10.8 Å². The van der Waals surface area contributed by atoms with Gasteiger partial charge in [0.2, 0.25) is 0 Å². The average molecular weight is 430 g/mol. The van der Waals surface area contributed by atoms with Gasteiger partial charge in [0.05, 0.1) is 5.57 Å². The van der Waals surface area contributed by atoms with E-state index in [1.54, 1.807) is 6.08 Å². The van der Waals surface area contributed by atoms with Crippen molar-refractivity contribution in [3.8, 4) is 0 Å². The van der Waals surface area contributed by atoms with Crippen LogP contribution in [0.1, 0.15) is 47.1 Å². The van der Waals surface area contributed by atoms with Gasteiger partial charge in [-0.3, -0.25) is 0 Å². The first-order valence-corrected chi connectivity index (χ1v) is 10.8. The number of carbonyl (C=O) groups excluding carboxylic acids is 1. The zero-order chi connectivity index (χ0) is 23.4. The SMILES string of the molecule is CC(C)(C)C1=CC(=C/C=C/C=C/C=C2\C(=O)ON=C2c2ccccc2)C=C(C(C)(C)C)O1. The second-order valence-electron chi connectivity index (χ2n) is 9.82. The lowest BCUT2D eigenvalue weighted by molar-refractivity contribution is -0.136. The van der Waals surface area contributed by atoms with E-state index in [0.717, 1.165) is 22.7 Å². The summed E-state index contributed by atoms with van der Waals surface area (Å²) in [6.07, 6.45) is 15.5. The second-order valence-corrected chi connectivity index (χ2v) is 9.82. The Labute approximate surface area is 191 Å². The Hall–Kier alpha value is -3.40. The molecule has 0 N–H and O–H groups in total. The molecule has 1 aromatic carbocycles. The Bertz CT molecular complexity index is 1050. The standard InChI is InChI=1S/C28H31NO3/c1-27(2,3)23-18-20(19-24(31-23)28(4,5)6)14-10-7-8-13-17-22-25(29-32-26(22)30)21-15-11-9-12-16-21/h7-19H,1-6H3/b10-7+,13-8+,22-17-. The fraction of sp³-hybridized carbons (Fsp3) is 0.286. The molecule has 2 heterocycles. The number of oxime groups is 1. The molecule has 0 unspecified atom stereocenters. The largest absolute Gasteiger partial charge is 0.465 e.